The highest BCUT2D eigenvalue weighted by molar-refractivity contribution is 5.96. The number of nitrogens with zero attached hydrogens (tertiary/aromatic N) is 2. The van der Waals surface area contributed by atoms with Crippen LogP contribution in [0.4, 0.5) is 0 Å². The van der Waals surface area contributed by atoms with E-state index >= 15 is 0 Å². The van der Waals surface area contributed by atoms with Gasteiger partial charge in [0, 0.05) is 0 Å². The fourth-order valence-electron chi connectivity index (χ4n) is 3.20. The van der Waals surface area contributed by atoms with Gasteiger partial charge in [-0.1, -0.05) is 48.9 Å². The standard InChI is InChI=1S/C18H17N3O/c22-17(18(11-6-12-18)14-7-2-1-3-8-14)20-21-13-19-15-9-4-5-10-16(15)21/h1-5,7-10,13H,6,11-12H2,(H,20,22). The fourth-order valence-corrected chi connectivity index (χ4v) is 3.20. The maximum Gasteiger partial charge on any atom is 0.249 e. The summed E-state index contributed by atoms with van der Waals surface area (Å²) in [4.78, 5) is 17.2. The average molecular weight is 291 g/mol. The predicted molar refractivity (Wildman–Crippen MR) is 86.1 cm³/mol. The monoisotopic (exact) mass is 291 g/mol. The quantitative estimate of drug-likeness (QED) is 0.805. The van der Waals surface area contributed by atoms with E-state index in [1.165, 1.54) is 0 Å². The van der Waals surface area contributed by atoms with Gasteiger partial charge in [-0.05, 0) is 30.5 Å². The van der Waals surface area contributed by atoms with Crippen molar-refractivity contribution >= 4 is 16.9 Å². The van der Waals surface area contributed by atoms with Crippen molar-refractivity contribution < 1.29 is 4.79 Å². The average Bonchev–Trinajstić information content (AvgIpc) is 2.91. The fraction of sp³-hybridized carbons (Fsp3) is 0.222. The number of benzene rings is 2. The summed E-state index contributed by atoms with van der Waals surface area (Å²) in [6.07, 6.45) is 4.55. The molecule has 0 unspecified atom stereocenters. The largest absolute Gasteiger partial charge is 0.272 e. The van der Waals surface area contributed by atoms with Crippen molar-refractivity contribution in [2.75, 3.05) is 5.43 Å². The number of fused-ring (bicyclic) bond motifs is 1. The minimum Gasteiger partial charge on any atom is -0.272 e. The zero-order chi connectivity index (χ0) is 15.0. The molecule has 1 aromatic heterocycles. The van der Waals surface area contributed by atoms with E-state index in [1.54, 1.807) is 11.0 Å². The molecule has 22 heavy (non-hydrogen) atoms. The number of amides is 1. The molecule has 0 radical (unpaired) electrons. The first kappa shape index (κ1) is 13.1. The molecule has 4 heteroatoms. The zero-order valence-electron chi connectivity index (χ0n) is 12.2. The van der Waals surface area contributed by atoms with Gasteiger partial charge in [0.25, 0.3) is 0 Å². The minimum atomic E-state index is -0.396. The molecule has 1 aliphatic carbocycles. The molecule has 0 aliphatic heterocycles. The molecule has 0 spiro atoms. The van der Waals surface area contributed by atoms with Crippen molar-refractivity contribution in [2.45, 2.75) is 24.7 Å². The number of nitrogens with one attached hydrogen (secondary N) is 1. The molecule has 2 aromatic carbocycles. The second-order valence-electron chi connectivity index (χ2n) is 5.85. The van der Waals surface area contributed by atoms with E-state index in [1.807, 2.05) is 54.6 Å². The Balaban J connectivity index is 1.66. The number of rotatable bonds is 3. The first-order valence-electron chi connectivity index (χ1n) is 7.59. The van der Waals surface area contributed by atoms with Crippen LogP contribution in [0.2, 0.25) is 0 Å². The number of aromatic nitrogens is 2. The van der Waals surface area contributed by atoms with Gasteiger partial charge >= 0.3 is 0 Å². The topological polar surface area (TPSA) is 46.9 Å². The molecule has 0 atom stereocenters. The van der Waals surface area contributed by atoms with Crippen LogP contribution in [0.15, 0.2) is 60.9 Å². The number of imidazole rings is 1. The lowest BCUT2D eigenvalue weighted by atomic mass is 9.64. The lowest BCUT2D eigenvalue weighted by Gasteiger charge is -2.40. The van der Waals surface area contributed by atoms with Crippen LogP contribution in [0, 0.1) is 0 Å². The molecule has 4 nitrogen and oxygen atoms in total. The Morgan fingerprint density at radius 1 is 1.05 bits per heavy atom. The van der Waals surface area contributed by atoms with Crippen molar-refractivity contribution in [2.24, 2.45) is 0 Å². The van der Waals surface area contributed by atoms with Gasteiger partial charge < -0.3 is 0 Å². The van der Waals surface area contributed by atoms with Gasteiger partial charge in [-0.2, -0.15) is 0 Å². The van der Waals surface area contributed by atoms with Gasteiger partial charge in [0.1, 0.15) is 6.33 Å². The van der Waals surface area contributed by atoms with E-state index < -0.39 is 5.41 Å². The highest BCUT2D eigenvalue weighted by Gasteiger charge is 2.45. The van der Waals surface area contributed by atoms with Gasteiger partial charge in [0.15, 0.2) is 0 Å². The molecule has 0 bridgehead atoms. The summed E-state index contributed by atoms with van der Waals surface area (Å²) < 4.78 is 1.72. The van der Waals surface area contributed by atoms with Crippen molar-refractivity contribution in [3.63, 3.8) is 0 Å². The molecule has 0 saturated heterocycles. The third-order valence-electron chi connectivity index (χ3n) is 4.64. The SMILES string of the molecule is O=C(Nn1cnc2ccccc21)C1(c2ccccc2)CCC1. The first-order valence-corrected chi connectivity index (χ1v) is 7.59. The van der Waals surface area contributed by atoms with Crippen LogP contribution in [0.5, 0.6) is 0 Å². The van der Waals surface area contributed by atoms with E-state index in [4.69, 9.17) is 0 Å². The van der Waals surface area contributed by atoms with Gasteiger partial charge in [0.05, 0.1) is 16.4 Å². The van der Waals surface area contributed by atoms with Crippen molar-refractivity contribution in [1.82, 2.24) is 9.66 Å². The Bertz CT molecular complexity index is 818. The van der Waals surface area contributed by atoms with E-state index in [-0.39, 0.29) is 5.91 Å². The third kappa shape index (κ3) is 1.91. The summed E-state index contributed by atoms with van der Waals surface area (Å²) >= 11 is 0. The van der Waals surface area contributed by atoms with Crippen LogP contribution in [0.1, 0.15) is 24.8 Å². The predicted octanol–water partition coefficient (Wildman–Crippen LogP) is 3.23. The molecule has 1 heterocycles. The second kappa shape index (κ2) is 4.98. The maximum atomic E-state index is 12.9. The number of para-hydroxylation sites is 2. The summed E-state index contributed by atoms with van der Waals surface area (Å²) in [5, 5.41) is 0. The van der Waals surface area contributed by atoms with Crippen LogP contribution in [0.25, 0.3) is 11.0 Å². The summed E-state index contributed by atoms with van der Waals surface area (Å²) in [5.41, 5.74) is 5.52. The van der Waals surface area contributed by atoms with E-state index in [0.717, 1.165) is 35.9 Å². The van der Waals surface area contributed by atoms with Crippen LogP contribution in [-0.2, 0) is 10.2 Å². The smallest absolute Gasteiger partial charge is 0.249 e. The summed E-state index contributed by atoms with van der Waals surface area (Å²) in [6.45, 7) is 0. The Labute approximate surface area is 128 Å². The molecule has 1 amide bonds. The van der Waals surface area contributed by atoms with E-state index in [9.17, 15) is 4.79 Å². The molecule has 110 valence electrons. The normalized spacial score (nSPS) is 16.2. The minimum absolute atomic E-state index is 0.0492. The highest BCUT2D eigenvalue weighted by atomic mass is 16.2. The molecular weight excluding hydrogens is 274 g/mol. The van der Waals surface area contributed by atoms with Gasteiger partial charge in [-0.25, -0.2) is 9.66 Å². The molecule has 1 fully saturated rings. The summed E-state index contributed by atoms with van der Waals surface area (Å²) in [7, 11) is 0. The lowest BCUT2D eigenvalue weighted by Crippen LogP contribution is -2.48. The maximum absolute atomic E-state index is 12.9. The first-order chi connectivity index (χ1) is 10.8. The number of hydrogen-bond donors (Lipinski definition) is 1. The van der Waals surface area contributed by atoms with Crippen molar-refractivity contribution in [3.05, 3.63) is 66.5 Å². The number of hydrogen-bond acceptors (Lipinski definition) is 2. The van der Waals surface area contributed by atoms with Gasteiger partial charge in [-0.15, -0.1) is 0 Å². The number of carbonyl (C=O) groups is 1. The Morgan fingerprint density at radius 2 is 1.77 bits per heavy atom. The second-order valence-corrected chi connectivity index (χ2v) is 5.85. The molecule has 1 saturated carbocycles. The van der Waals surface area contributed by atoms with Crippen molar-refractivity contribution in [1.29, 1.82) is 0 Å². The molecule has 4 rings (SSSR count). The Hall–Kier alpha value is -2.62. The van der Waals surface area contributed by atoms with Gasteiger partial charge in [-0.3, -0.25) is 10.2 Å². The van der Waals surface area contributed by atoms with E-state index in [0.29, 0.717) is 0 Å². The molecule has 1 N–H and O–H groups in total. The van der Waals surface area contributed by atoms with Crippen LogP contribution in [-0.4, -0.2) is 15.6 Å². The Morgan fingerprint density at radius 3 is 2.50 bits per heavy atom. The van der Waals surface area contributed by atoms with E-state index in [2.05, 4.69) is 10.4 Å². The lowest BCUT2D eigenvalue weighted by molar-refractivity contribution is -0.125. The van der Waals surface area contributed by atoms with Gasteiger partial charge in [0.2, 0.25) is 5.91 Å². The summed E-state index contributed by atoms with van der Waals surface area (Å²) in [6, 6.07) is 17.9. The zero-order valence-corrected chi connectivity index (χ0v) is 12.2. The third-order valence-corrected chi connectivity index (χ3v) is 4.64. The molecular formula is C18H17N3O. The molecule has 3 aromatic rings. The van der Waals surface area contributed by atoms with Crippen molar-refractivity contribution in [3.8, 4) is 0 Å². The van der Waals surface area contributed by atoms with Crippen LogP contribution in [0.3, 0.4) is 0 Å². The summed E-state index contributed by atoms with van der Waals surface area (Å²) in [5.74, 6) is 0.0492. The highest BCUT2D eigenvalue weighted by Crippen LogP contribution is 2.44. The van der Waals surface area contributed by atoms with Crippen LogP contribution >= 0.6 is 0 Å². The van der Waals surface area contributed by atoms with Crippen LogP contribution < -0.4 is 5.43 Å². The Kier molecular flexibility index (Phi) is 2.96. The number of carbonyl (C=O) groups excluding carboxylic acids is 1. The molecule has 1 aliphatic rings.